The van der Waals surface area contributed by atoms with Crippen molar-refractivity contribution in [2.75, 3.05) is 26.2 Å². The molecule has 1 aliphatic heterocycles. The molecule has 0 aromatic heterocycles. The molecule has 0 saturated carbocycles. The first-order chi connectivity index (χ1) is 13.0. The molecule has 146 valence electrons. The van der Waals surface area contributed by atoms with Gasteiger partial charge in [0.1, 0.15) is 11.5 Å². The Morgan fingerprint density at radius 3 is 1.93 bits per heavy atom. The molecule has 2 aromatic rings. The Labute approximate surface area is 162 Å². The zero-order valence-electron chi connectivity index (χ0n) is 16.2. The van der Waals surface area contributed by atoms with E-state index in [0.717, 1.165) is 56.2 Å². The highest BCUT2D eigenvalue weighted by molar-refractivity contribution is 5.27. The van der Waals surface area contributed by atoms with Crippen LogP contribution in [-0.2, 0) is 12.8 Å². The molecule has 0 aliphatic carbocycles. The number of nitrogens with zero attached hydrogens (tertiary/aromatic N) is 1. The van der Waals surface area contributed by atoms with Gasteiger partial charge < -0.3 is 20.4 Å². The number of piperidine rings is 1. The van der Waals surface area contributed by atoms with Gasteiger partial charge in [-0.1, -0.05) is 24.3 Å². The van der Waals surface area contributed by atoms with Crippen LogP contribution >= 0.6 is 0 Å². The normalized spacial score (nSPS) is 19.1. The quantitative estimate of drug-likeness (QED) is 0.623. The van der Waals surface area contributed by atoms with Gasteiger partial charge in [0, 0.05) is 12.8 Å². The van der Waals surface area contributed by atoms with Crippen LogP contribution in [0.25, 0.3) is 0 Å². The lowest BCUT2D eigenvalue weighted by Gasteiger charge is -2.44. The SMILES string of the molecule is N[C@H]1CCC[N+](CCCc2cccc(O)c2)(CCCc2cccc(O)c2)C1. The van der Waals surface area contributed by atoms with Gasteiger partial charge in [-0.15, -0.1) is 0 Å². The lowest BCUT2D eigenvalue weighted by atomic mass is 10.00. The van der Waals surface area contributed by atoms with Crippen molar-refractivity contribution in [1.82, 2.24) is 0 Å². The number of rotatable bonds is 8. The van der Waals surface area contributed by atoms with Gasteiger partial charge in [-0.3, -0.25) is 0 Å². The molecule has 0 bridgehead atoms. The van der Waals surface area contributed by atoms with Gasteiger partial charge >= 0.3 is 0 Å². The zero-order valence-corrected chi connectivity index (χ0v) is 16.2. The summed E-state index contributed by atoms with van der Waals surface area (Å²) in [5.41, 5.74) is 8.74. The maximum atomic E-state index is 9.65. The number of aryl methyl sites for hydroxylation is 2. The summed E-state index contributed by atoms with van der Waals surface area (Å²) < 4.78 is 1.11. The van der Waals surface area contributed by atoms with E-state index in [1.807, 2.05) is 24.3 Å². The van der Waals surface area contributed by atoms with Crippen LogP contribution in [-0.4, -0.2) is 46.9 Å². The number of nitrogens with two attached hydrogens (primary N) is 1. The van der Waals surface area contributed by atoms with Gasteiger partial charge in [-0.05, 0) is 61.1 Å². The Kier molecular flexibility index (Phi) is 6.75. The fraction of sp³-hybridized carbons (Fsp3) is 0.478. The van der Waals surface area contributed by atoms with Crippen molar-refractivity contribution in [3.8, 4) is 11.5 Å². The van der Waals surface area contributed by atoms with E-state index in [2.05, 4.69) is 12.1 Å². The maximum Gasteiger partial charge on any atom is 0.115 e. The molecular formula is C23H33N2O2+. The molecule has 1 aliphatic rings. The van der Waals surface area contributed by atoms with Crippen LogP contribution in [0.1, 0.15) is 36.8 Å². The first kappa shape index (κ1) is 19.7. The van der Waals surface area contributed by atoms with Crippen LogP contribution in [0.3, 0.4) is 0 Å². The van der Waals surface area contributed by atoms with Crippen molar-refractivity contribution >= 4 is 0 Å². The third-order valence-corrected chi connectivity index (χ3v) is 5.85. The molecule has 27 heavy (non-hydrogen) atoms. The molecule has 4 N–H and O–H groups in total. The highest BCUT2D eigenvalue weighted by Gasteiger charge is 2.32. The summed E-state index contributed by atoms with van der Waals surface area (Å²) in [7, 11) is 0. The van der Waals surface area contributed by atoms with Gasteiger partial charge in [0.15, 0.2) is 0 Å². The minimum Gasteiger partial charge on any atom is -0.508 e. The summed E-state index contributed by atoms with van der Waals surface area (Å²) >= 11 is 0. The van der Waals surface area contributed by atoms with Gasteiger partial charge in [-0.25, -0.2) is 0 Å². The second-order valence-corrected chi connectivity index (χ2v) is 8.14. The Morgan fingerprint density at radius 1 is 0.889 bits per heavy atom. The van der Waals surface area contributed by atoms with Gasteiger partial charge in [0.25, 0.3) is 0 Å². The topological polar surface area (TPSA) is 66.5 Å². The number of benzene rings is 2. The van der Waals surface area contributed by atoms with Crippen LogP contribution in [0, 0.1) is 0 Å². The fourth-order valence-electron chi connectivity index (χ4n) is 4.55. The molecule has 3 rings (SSSR count). The molecule has 1 saturated heterocycles. The number of phenols is 2. The lowest BCUT2D eigenvalue weighted by molar-refractivity contribution is -0.933. The summed E-state index contributed by atoms with van der Waals surface area (Å²) in [6.45, 7) is 4.57. The summed E-state index contributed by atoms with van der Waals surface area (Å²) in [5.74, 6) is 0.699. The van der Waals surface area contributed by atoms with Crippen molar-refractivity contribution in [2.45, 2.75) is 44.6 Å². The predicted octanol–water partition coefficient (Wildman–Crippen LogP) is 3.60. The molecule has 0 unspecified atom stereocenters. The van der Waals surface area contributed by atoms with Crippen molar-refractivity contribution in [1.29, 1.82) is 0 Å². The monoisotopic (exact) mass is 369 g/mol. The maximum absolute atomic E-state index is 9.65. The Bertz CT molecular complexity index is 680. The molecule has 4 heteroatoms. The summed E-state index contributed by atoms with van der Waals surface area (Å²) in [4.78, 5) is 0. The van der Waals surface area contributed by atoms with Crippen molar-refractivity contribution in [3.63, 3.8) is 0 Å². The summed E-state index contributed by atoms with van der Waals surface area (Å²) in [5, 5.41) is 19.3. The largest absolute Gasteiger partial charge is 0.508 e. The molecular weight excluding hydrogens is 336 g/mol. The van der Waals surface area contributed by atoms with Crippen LogP contribution in [0.15, 0.2) is 48.5 Å². The minimum atomic E-state index is 0.306. The first-order valence-corrected chi connectivity index (χ1v) is 10.2. The predicted molar refractivity (Wildman–Crippen MR) is 110 cm³/mol. The average Bonchev–Trinajstić information content (AvgIpc) is 2.62. The number of aromatic hydroxyl groups is 2. The van der Waals surface area contributed by atoms with Gasteiger partial charge in [0.2, 0.25) is 0 Å². The number of phenolic OH excluding ortho intramolecular Hbond substituents is 2. The highest BCUT2D eigenvalue weighted by atomic mass is 16.3. The third-order valence-electron chi connectivity index (χ3n) is 5.85. The number of hydrogen-bond acceptors (Lipinski definition) is 3. The zero-order chi connectivity index (χ0) is 19.1. The van der Waals surface area contributed by atoms with Crippen molar-refractivity contribution < 1.29 is 14.7 Å². The van der Waals surface area contributed by atoms with E-state index < -0.39 is 0 Å². The van der Waals surface area contributed by atoms with Gasteiger partial charge in [-0.2, -0.15) is 0 Å². The second kappa shape index (κ2) is 9.25. The van der Waals surface area contributed by atoms with Crippen LogP contribution in [0.5, 0.6) is 11.5 Å². The molecule has 4 nitrogen and oxygen atoms in total. The Morgan fingerprint density at radius 2 is 1.44 bits per heavy atom. The van der Waals surface area contributed by atoms with E-state index in [0.29, 0.717) is 17.5 Å². The fourth-order valence-corrected chi connectivity index (χ4v) is 4.55. The smallest absolute Gasteiger partial charge is 0.115 e. The minimum absolute atomic E-state index is 0.306. The Balaban J connectivity index is 1.56. The molecule has 1 heterocycles. The van der Waals surface area contributed by atoms with Crippen molar-refractivity contribution in [2.24, 2.45) is 5.73 Å². The van der Waals surface area contributed by atoms with E-state index in [-0.39, 0.29) is 0 Å². The van der Waals surface area contributed by atoms with E-state index in [1.54, 1.807) is 12.1 Å². The van der Waals surface area contributed by atoms with Gasteiger partial charge in [0.05, 0.1) is 32.2 Å². The number of quaternary nitrogens is 1. The van der Waals surface area contributed by atoms with Crippen LogP contribution in [0.2, 0.25) is 0 Å². The second-order valence-electron chi connectivity index (χ2n) is 8.14. The molecule has 0 radical (unpaired) electrons. The van der Waals surface area contributed by atoms with Crippen LogP contribution < -0.4 is 5.73 Å². The lowest BCUT2D eigenvalue weighted by Crippen LogP contribution is -2.58. The van der Waals surface area contributed by atoms with Crippen molar-refractivity contribution in [3.05, 3.63) is 59.7 Å². The Hall–Kier alpha value is -2.04. The van der Waals surface area contributed by atoms with E-state index in [4.69, 9.17) is 5.73 Å². The molecule has 1 fully saturated rings. The van der Waals surface area contributed by atoms with E-state index in [1.165, 1.54) is 24.1 Å². The van der Waals surface area contributed by atoms with E-state index >= 15 is 0 Å². The molecule has 0 spiro atoms. The molecule has 0 amide bonds. The number of likely N-dealkylation sites (tertiary alicyclic amines) is 1. The summed E-state index contributed by atoms with van der Waals surface area (Å²) in [6.07, 6.45) is 6.57. The molecule has 1 atom stereocenters. The highest BCUT2D eigenvalue weighted by Crippen LogP contribution is 2.22. The van der Waals surface area contributed by atoms with Crippen LogP contribution in [0.4, 0.5) is 0 Å². The summed E-state index contributed by atoms with van der Waals surface area (Å²) in [6, 6.07) is 15.5. The molecule has 2 aromatic carbocycles. The number of hydrogen-bond donors (Lipinski definition) is 3. The van der Waals surface area contributed by atoms with E-state index in [9.17, 15) is 10.2 Å². The average molecular weight is 370 g/mol. The third kappa shape index (κ3) is 5.98. The standard InChI is InChI=1S/C23H32N2O2/c24-21-10-5-15-25(18-21,13-3-8-19-6-1-11-22(26)16-19)14-4-9-20-7-2-12-23(27)17-20/h1-2,6-7,11-12,16-17,21H,3-5,8-10,13-15,18,24H2,(H-,26,27)/p+1/t21-/m0/s1. The first-order valence-electron chi connectivity index (χ1n) is 10.2.